The zero-order valence-corrected chi connectivity index (χ0v) is 66.6. The van der Waals surface area contributed by atoms with Gasteiger partial charge in [-0.15, -0.1) is 0 Å². The molecule has 0 saturated carbocycles. The number of hydrogen-bond acceptors (Lipinski definition) is 25. The first-order chi connectivity index (χ1) is 57.9. The predicted molar refractivity (Wildman–Crippen MR) is 424 cm³/mol. The van der Waals surface area contributed by atoms with Crippen LogP contribution < -0.4 is 0 Å². The van der Waals surface area contributed by atoms with Gasteiger partial charge in [-0.1, -0.05) is 166 Å². The summed E-state index contributed by atoms with van der Waals surface area (Å²) in [5, 5.41) is -0.691. The molecule has 0 spiro atoms. The Morgan fingerprint density at radius 1 is 0.308 bits per heavy atom. The van der Waals surface area contributed by atoms with Crippen LogP contribution in [-0.2, 0) is 61.3 Å². The Kier molecular flexibility index (Phi) is 24.0. The lowest BCUT2D eigenvalue weighted by Gasteiger charge is -2.54. The SMILES string of the molecule is CO[C@H]1OC(COC(=O)c2ccccc2)[C@@H](O[C@@H]2OC(COC(=O)c3ccccc3)C(O[C@H]3OC(COC(=O)c4ccccc4)[C@@H](O[Si](C)(C)C(C)(C)C)[C@@H](OC(=O)c4ccccc4)C3N3C(=O)c4ccccc4C3=O)[C@H](OC(=O)c3ccccc3)C2N2C(=O)c3ccccc3C2=O)[C@@H](OC(=O)c2ccccc2)C1N1C(=O)c2ccccc2C1=O. The molecule has 6 aliphatic rings. The molecule has 6 heterocycles. The molecule has 3 fully saturated rings. The van der Waals surface area contributed by atoms with Crippen molar-refractivity contribution in [1.29, 1.82) is 0 Å². The van der Waals surface area contributed by atoms with Crippen LogP contribution in [0.25, 0.3) is 0 Å². The van der Waals surface area contributed by atoms with E-state index in [0.29, 0.717) is 4.90 Å². The molecule has 6 aliphatic heterocycles. The first-order valence-corrected chi connectivity index (χ1v) is 41.6. The first-order valence-electron chi connectivity index (χ1n) is 38.7. The van der Waals surface area contributed by atoms with Gasteiger partial charge < -0.3 is 61.3 Å². The van der Waals surface area contributed by atoms with Gasteiger partial charge in [0.05, 0.1) is 66.8 Å². The molecule has 9 aromatic carbocycles. The summed E-state index contributed by atoms with van der Waals surface area (Å²) in [6.45, 7) is 6.82. The Labute approximate surface area is 689 Å². The summed E-state index contributed by atoms with van der Waals surface area (Å²) in [7, 11) is -2.16. The van der Waals surface area contributed by atoms with E-state index in [2.05, 4.69) is 0 Å². The Balaban J connectivity index is 0.958. The molecule has 0 radical (unpaired) electrons. The second-order valence-corrected chi connectivity index (χ2v) is 35.3. The second-order valence-electron chi connectivity index (χ2n) is 30.6. The molecule has 15 rings (SSSR count). The van der Waals surface area contributed by atoms with E-state index in [1.54, 1.807) is 84.9 Å². The molecule has 0 bridgehead atoms. The van der Waals surface area contributed by atoms with Crippen molar-refractivity contribution >= 4 is 79.6 Å². The highest BCUT2D eigenvalue weighted by Gasteiger charge is 2.65. The molecule has 6 amide bonds. The monoisotopic (exact) mass is 1640 g/mol. The highest BCUT2D eigenvalue weighted by molar-refractivity contribution is 6.74. The number of benzene rings is 9. The van der Waals surface area contributed by atoms with Gasteiger partial charge in [0, 0.05) is 7.11 Å². The first kappa shape index (κ1) is 82.3. The molecule has 9 aromatic rings. The van der Waals surface area contributed by atoms with E-state index >= 15 is 43.2 Å². The Bertz CT molecular complexity index is 5290. The van der Waals surface area contributed by atoms with E-state index < -0.39 is 196 Å². The summed E-state index contributed by atoms with van der Waals surface area (Å²) in [6.07, 6.45) is -24.6. The van der Waals surface area contributed by atoms with Crippen LogP contribution in [0.15, 0.2) is 255 Å². The van der Waals surface area contributed by atoms with E-state index in [-0.39, 0.29) is 66.8 Å². The molecular weight excluding hydrogens is 1560 g/mol. The van der Waals surface area contributed by atoms with Gasteiger partial charge in [0.1, 0.15) is 74.6 Å². The van der Waals surface area contributed by atoms with Gasteiger partial charge in [0.25, 0.3) is 35.4 Å². The normalized spacial score (nSPS) is 24.6. The van der Waals surface area contributed by atoms with Gasteiger partial charge in [-0.05, 0) is 127 Å². The van der Waals surface area contributed by atoms with Crippen molar-refractivity contribution in [3.8, 4) is 0 Å². The van der Waals surface area contributed by atoms with Gasteiger partial charge in [-0.3, -0.25) is 43.5 Å². The number of ether oxygens (including phenoxy) is 12. The summed E-state index contributed by atoms with van der Waals surface area (Å²) in [6, 6.07) is 56.7. The Hall–Kier alpha value is -12.8. The van der Waals surface area contributed by atoms with Crippen LogP contribution in [0.5, 0.6) is 0 Å². The van der Waals surface area contributed by atoms with Crippen molar-refractivity contribution in [2.45, 2.75) is 131 Å². The van der Waals surface area contributed by atoms with Crippen LogP contribution in [0.1, 0.15) is 145 Å². The lowest BCUT2D eigenvalue weighted by atomic mass is 9.91. The molecule has 0 aromatic heterocycles. The van der Waals surface area contributed by atoms with Crippen LogP contribution in [-0.4, -0.2) is 213 Å². The summed E-state index contributed by atoms with van der Waals surface area (Å²) in [5.41, 5.74) is -1.06. The number of rotatable bonds is 25. The standard InChI is InChI=1S/C91H81N3O25Si/c1-91(2,3)120(5,6)119-72-66(51-110-84(103)54-35-17-9-18-36-54)113-90(69(75(72)116-87(106)57-41-23-12-24-42-57)94-80(99)62-47-29-30-48-63(62)81(94)100)118-71-65(50-109-83(102)53-33-15-8-16-34-53)112-89(68(74(71)115-86(105)56-39-21-11-22-40-56)93-78(97)60-45-27-28-46-61(60)79(93)98)117-70-64(49-108-82(101)52-31-13-7-14-32-52)111-88(107-4)67(73(70)114-85(104)55-37-19-10-20-38-55)92-76(95)58-43-25-26-44-59(58)77(92)96/h7-48,64-75,88-90H,49-51H2,1-6H3/t64?,65?,66?,67?,68?,69?,70-,71?,72-,73+,74-,75+,88+,89+,90-/m1/s1. The third kappa shape index (κ3) is 16.5. The van der Waals surface area contributed by atoms with Crippen molar-refractivity contribution in [2.24, 2.45) is 0 Å². The van der Waals surface area contributed by atoms with E-state index in [1.165, 1.54) is 177 Å². The minimum absolute atomic E-state index is 0.0261. The maximum Gasteiger partial charge on any atom is 0.338 e. The average molecular weight is 1640 g/mol. The van der Waals surface area contributed by atoms with E-state index in [9.17, 15) is 14.4 Å². The quantitative estimate of drug-likeness (QED) is 0.0222. The number of carbonyl (C=O) groups is 12. The number of esters is 6. The third-order valence-corrected chi connectivity index (χ3v) is 26.7. The smallest absolute Gasteiger partial charge is 0.338 e. The maximum atomic E-state index is 16.1. The molecule has 0 N–H and O–H groups in total. The second kappa shape index (κ2) is 35.0. The molecule has 7 unspecified atom stereocenters. The topological polar surface area (TPSA) is 335 Å². The fourth-order valence-corrected chi connectivity index (χ4v) is 16.5. The summed E-state index contributed by atoms with van der Waals surface area (Å²) in [5.74, 6) is -12.2. The number of nitrogens with zero attached hydrogens (tertiary/aromatic N) is 3. The maximum absolute atomic E-state index is 16.1. The average Bonchev–Trinajstić information content (AvgIpc) is 1.62. The lowest BCUT2D eigenvalue weighted by molar-refractivity contribution is -0.358. The lowest BCUT2D eigenvalue weighted by Crippen LogP contribution is -2.73. The predicted octanol–water partition coefficient (Wildman–Crippen LogP) is 11.2. The molecule has 3 saturated heterocycles. The highest BCUT2D eigenvalue weighted by Crippen LogP contribution is 2.46. The fourth-order valence-electron chi connectivity index (χ4n) is 15.2. The van der Waals surface area contributed by atoms with Crippen molar-refractivity contribution in [1.82, 2.24) is 14.7 Å². The molecule has 29 heteroatoms. The molecule has 0 aliphatic carbocycles. The van der Waals surface area contributed by atoms with Crippen LogP contribution in [0.3, 0.4) is 0 Å². The highest BCUT2D eigenvalue weighted by atomic mass is 28.4. The van der Waals surface area contributed by atoms with Crippen molar-refractivity contribution in [2.75, 3.05) is 26.9 Å². The van der Waals surface area contributed by atoms with Gasteiger partial charge in [-0.2, -0.15) is 0 Å². The number of methoxy groups -OCH3 is 1. The molecule has 28 nitrogen and oxygen atoms in total. The van der Waals surface area contributed by atoms with Crippen molar-refractivity contribution in [3.63, 3.8) is 0 Å². The van der Waals surface area contributed by atoms with E-state index in [1.807, 2.05) is 33.9 Å². The molecular formula is C91H81N3O25Si. The Morgan fingerprint density at radius 2 is 0.525 bits per heavy atom. The van der Waals surface area contributed by atoms with E-state index in [4.69, 9.17) is 61.3 Å². The van der Waals surface area contributed by atoms with Crippen LogP contribution in [0, 0.1) is 0 Å². The fraction of sp³-hybridized carbons (Fsp3) is 0.275. The number of imide groups is 3. The van der Waals surface area contributed by atoms with Gasteiger partial charge >= 0.3 is 35.8 Å². The number of fused-ring (bicyclic) bond motifs is 3. The molecule has 120 heavy (non-hydrogen) atoms. The van der Waals surface area contributed by atoms with Gasteiger partial charge in [-0.25, -0.2) is 28.8 Å². The minimum Gasteiger partial charge on any atom is -0.459 e. The number of carbonyl (C=O) groups excluding carboxylic acids is 12. The Morgan fingerprint density at radius 3 is 0.775 bits per heavy atom. The zero-order chi connectivity index (χ0) is 84.3. The van der Waals surface area contributed by atoms with Crippen LogP contribution >= 0.6 is 0 Å². The van der Waals surface area contributed by atoms with Gasteiger partial charge in [0.15, 0.2) is 45.5 Å². The summed E-state index contributed by atoms with van der Waals surface area (Å²) >= 11 is 0. The van der Waals surface area contributed by atoms with Crippen LogP contribution in [0.4, 0.5) is 0 Å². The summed E-state index contributed by atoms with van der Waals surface area (Å²) in [4.78, 5) is 187. The third-order valence-electron chi connectivity index (χ3n) is 22.2. The number of hydrogen-bond donors (Lipinski definition) is 0. The zero-order valence-electron chi connectivity index (χ0n) is 65.6. The van der Waals surface area contributed by atoms with Crippen molar-refractivity contribution < 1.29 is 119 Å². The van der Waals surface area contributed by atoms with Crippen LogP contribution in [0.2, 0.25) is 18.1 Å². The molecule has 614 valence electrons. The summed E-state index contributed by atoms with van der Waals surface area (Å²) < 4.78 is 88.6. The number of amides is 6. The van der Waals surface area contributed by atoms with Gasteiger partial charge in [0.2, 0.25) is 0 Å². The minimum atomic E-state index is -3.33. The van der Waals surface area contributed by atoms with E-state index in [0.717, 1.165) is 9.80 Å². The largest absolute Gasteiger partial charge is 0.459 e. The molecule has 15 atom stereocenters. The van der Waals surface area contributed by atoms with Crippen molar-refractivity contribution in [3.05, 3.63) is 322 Å².